The van der Waals surface area contributed by atoms with E-state index >= 15 is 0 Å². The van der Waals surface area contributed by atoms with E-state index in [-0.39, 0.29) is 5.57 Å². The van der Waals surface area contributed by atoms with Crippen molar-refractivity contribution in [3.63, 3.8) is 0 Å². The molecule has 0 atom stereocenters. The van der Waals surface area contributed by atoms with Gasteiger partial charge in [-0.25, -0.2) is 4.79 Å². The molecule has 0 saturated carbocycles. The van der Waals surface area contributed by atoms with Crippen LogP contribution in [0.3, 0.4) is 0 Å². The minimum Gasteiger partial charge on any atom is -0.497 e. The van der Waals surface area contributed by atoms with Crippen LogP contribution in [0.5, 0.6) is 5.75 Å². The van der Waals surface area contributed by atoms with Gasteiger partial charge in [-0.3, -0.25) is 0 Å². The van der Waals surface area contributed by atoms with Crippen LogP contribution in [-0.4, -0.2) is 18.2 Å². The van der Waals surface area contributed by atoms with Gasteiger partial charge >= 0.3 is 5.97 Å². The van der Waals surface area contributed by atoms with E-state index in [0.29, 0.717) is 16.3 Å². The summed E-state index contributed by atoms with van der Waals surface area (Å²) in [4.78, 5) is 11.4. The molecule has 20 heavy (non-hydrogen) atoms. The smallest absolute Gasteiger partial charge is 0.336 e. The van der Waals surface area contributed by atoms with E-state index in [2.05, 4.69) is 0 Å². The Morgan fingerprint density at radius 3 is 2.45 bits per heavy atom. The molecule has 0 radical (unpaired) electrons. The molecule has 0 amide bonds. The van der Waals surface area contributed by atoms with E-state index in [1.54, 1.807) is 61.7 Å². The van der Waals surface area contributed by atoms with Gasteiger partial charge in [-0.05, 0) is 41.5 Å². The summed E-state index contributed by atoms with van der Waals surface area (Å²) in [6.45, 7) is 0. The molecule has 0 aliphatic rings. The summed E-state index contributed by atoms with van der Waals surface area (Å²) in [5, 5.41) is 9.92. The molecular weight excluding hydrogens is 276 g/mol. The summed E-state index contributed by atoms with van der Waals surface area (Å²) in [7, 11) is 1.56. The third-order valence-corrected chi connectivity index (χ3v) is 3.03. The summed E-state index contributed by atoms with van der Waals surface area (Å²) < 4.78 is 5.06. The lowest BCUT2D eigenvalue weighted by atomic mass is 10.0. The maximum Gasteiger partial charge on any atom is 0.336 e. The Bertz CT molecular complexity index is 645. The third kappa shape index (κ3) is 3.39. The van der Waals surface area contributed by atoms with E-state index in [1.165, 1.54) is 0 Å². The first kappa shape index (κ1) is 14.2. The fraction of sp³-hybridized carbons (Fsp3) is 0.0625. The lowest BCUT2D eigenvalue weighted by Crippen LogP contribution is -1.99. The number of carboxylic acid groups (broad SMARTS) is 1. The standard InChI is InChI=1S/C16H13ClO3/c1-20-14-7-5-12(6-8-14)15(16(18)19)10-11-3-2-4-13(17)9-11/h2-10H,1H3,(H,18,19)/b15-10+. The van der Waals surface area contributed by atoms with Crippen molar-refractivity contribution in [2.45, 2.75) is 0 Å². The van der Waals surface area contributed by atoms with Crippen LogP contribution in [0.1, 0.15) is 11.1 Å². The Kier molecular flexibility index (Phi) is 4.43. The number of ether oxygens (including phenoxy) is 1. The Balaban J connectivity index is 2.42. The number of hydrogen-bond acceptors (Lipinski definition) is 2. The quantitative estimate of drug-likeness (QED) is 0.684. The number of carboxylic acids is 1. The van der Waals surface area contributed by atoms with Crippen molar-refractivity contribution >= 4 is 29.2 Å². The van der Waals surface area contributed by atoms with Gasteiger partial charge in [-0.15, -0.1) is 0 Å². The molecule has 102 valence electrons. The molecule has 0 aromatic heterocycles. The van der Waals surface area contributed by atoms with Gasteiger partial charge in [0, 0.05) is 5.02 Å². The van der Waals surface area contributed by atoms with Crippen molar-refractivity contribution in [1.82, 2.24) is 0 Å². The third-order valence-electron chi connectivity index (χ3n) is 2.79. The number of rotatable bonds is 4. The second-order valence-corrected chi connectivity index (χ2v) is 4.58. The lowest BCUT2D eigenvalue weighted by Gasteiger charge is -2.05. The Labute approximate surface area is 122 Å². The maximum atomic E-state index is 11.4. The molecule has 2 aromatic rings. The number of benzene rings is 2. The first-order valence-corrected chi connectivity index (χ1v) is 6.33. The van der Waals surface area contributed by atoms with Crippen molar-refractivity contribution in [3.8, 4) is 5.75 Å². The van der Waals surface area contributed by atoms with Crippen LogP contribution in [0, 0.1) is 0 Å². The minimum absolute atomic E-state index is 0.204. The largest absolute Gasteiger partial charge is 0.497 e. The number of halogens is 1. The Morgan fingerprint density at radius 2 is 1.90 bits per heavy atom. The summed E-state index contributed by atoms with van der Waals surface area (Å²) >= 11 is 5.90. The van der Waals surface area contributed by atoms with Crippen LogP contribution < -0.4 is 4.74 Å². The zero-order valence-electron chi connectivity index (χ0n) is 10.8. The summed E-state index contributed by atoms with van der Waals surface area (Å²) in [5.41, 5.74) is 1.55. The molecule has 0 saturated heterocycles. The molecule has 0 heterocycles. The van der Waals surface area contributed by atoms with Gasteiger partial charge in [0.15, 0.2) is 0 Å². The van der Waals surface area contributed by atoms with Crippen LogP contribution in [0.25, 0.3) is 11.6 Å². The number of aliphatic carboxylic acids is 1. The average Bonchev–Trinajstić information content (AvgIpc) is 2.45. The van der Waals surface area contributed by atoms with Crippen LogP contribution in [0.4, 0.5) is 0 Å². The van der Waals surface area contributed by atoms with Crippen molar-refractivity contribution in [3.05, 3.63) is 64.7 Å². The molecule has 0 fully saturated rings. The van der Waals surface area contributed by atoms with E-state index in [0.717, 1.165) is 5.56 Å². The lowest BCUT2D eigenvalue weighted by molar-refractivity contribution is -0.130. The highest BCUT2D eigenvalue weighted by atomic mass is 35.5. The molecule has 0 bridgehead atoms. The first-order chi connectivity index (χ1) is 9.60. The zero-order chi connectivity index (χ0) is 14.5. The number of hydrogen-bond donors (Lipinski definition) is 1. The minimum atomic E-state index is -0.991. The van der Waals surface area contributed by atoms with Gasteiger partial charge in [0.2, 0.25) is 0 Å². The monoisotopic (exact) mass is 288 g/mol. The van der Waals surface area contributed by atoms with Gasteiger partial charge in [0.1, 0.15) is 5.75 Å². The second kappa shape index (κ2) is 6.26. The van der Waals surface area contributed by atoms with E-state index in [9.17, 15) is 9.90 Å². The highest BCUT2D eigenvalue weighted by Gasteiger charge is 2.10. The molecule has 0 spiro atoms. The van der Waals surface area contributed by atoms with Crippen molar-refractivity contribution in [2.24, 2.45) is 0 Å². The van der Waals surface area contributed by atoms with Crippen molar-refractivity contribution in [1.29, 1.82) is 0 Å². The highest BCUT2D eigenvalue weighted by molar-refractivity contribution is 6.30. The topological polar surface area (TPSA) is 46.5 Å². The molecule has 2 aromatic carbocycles. The summed E-state index contributed by atoms with van der Waals surface area (Å²) in [6, 6.07) is 13.9. The van der Waals surface area contributed by atoms with E-state index in [4.69, 9.17) is 16.3 Å². The molecular formula is C16H13ClO3. The predicted octanol–water partition coefficient (Wildman–Crippen LogP) is 3.97. The highest BCUT2D eigenvalue weighted by Crippen LogP contribution is 2.22. The SMILES string of the molecule is COc1ccc(/C(=C\c2cccc(Cl)c2)C(=O)O)cc1. The summed E-state index contributed by atoms with van der Waals surface area (Å²) in [6.07, 6.45) is 1.59. The zero-order valence-corrected chi connectivity index (χ0v) is 11.6. The van der Waals surface area contributed by atoms with E-state index < -0.39 is 5.97 Å². The van der Waals surface area contributed by atoms with Gasteiger partial charge in [0.05, 0.1) is 12.7 Å². The maximum absolute atomic E-state index is 11.4. The number of carbonyl (C=O) groups is 1. The Morgan fingerprint density at radius 1 is 1.20 bits per heavy atom. The van der Waals surface area contributed by atoms with Crippen LogP contribution in [0.2, 0.25) is 5.02 Å². The van der Waals surface area contributed by atoms with Gasteiger partial charge in [0.25, 0.3) is 0 Å². The van der Waals surface area contributed by atoms with Crippen LogP contribution >= 0.6 is 11.6 Å². The van der Waals surface area contributed by atoms with Gasteiger partial charge in [-0.2, -0.15) is 0 Å². The van der Waals surface area contributed by atoms with Gasteiger partial charge < -0.3 is 9.84 Å². The predicted molar refractivity (Wildman–Crippen MR) is 80.0 cm³/mol. The molecule has 3 nitrogen and oxygen atoms in total. The molecule has 0 unspecified atom stereocenters. The molecule has 0 aliphatic carbocycles. The normalized spacial score (nSPS) is 11.2. The second-order valence-electron chi connectivity index (χ2n) is 4.15. The van der Waals surface area contributed by atoms with Crippen LogP contribution in [-0.2, 0) is 4.79 Å². The fourth-order valence-corrected chi connectivity index (χ4v) is 2.00. The molecule has 2 rings (SSSR count). The Hall–Kier alpha value is -2.26. The first-order valence-electron chi connectivity index (χ1n) is 5.95. The van der Waals surface area contributed by atoms with Crippen molar-refractivity contribution < 1.29 is 14.6 Å². The van der Waals surface area contributed by atoms with Crippen LogP contribution in [0.15, 0.2) is 48.5 Å². The number of methoxy groups -OCH3 is 1. The molecule has 0 aliphatic heterocycles. The fourth-order valence-electron chi connectivity index (χ4n) is 1.80. The average molecular weight is 289 g/mol. The molecule has 4 heteroatoms. The summed E-state index contributed by atoms with van der Waals surface area (Å²) in [5.74, 6) is -0.309. The van der Waals surface area contributed by atoms with Gasteiger partial charge in [-0.1, -0.05) is 35.9 Å². The van der Waals surface area contributed by atoms with Crippen molar-refractivity contribution in [2.75, 3.05) is 7.11 Å². The van der Waals surface area contributed by atoms with E-state index in [1.807, 2.05) is 0 Å². The molecule has 1 N–H and O–H groups in total.